The van der Waals surface area contributed by atoms with E-state index in [1.165, 1.54) is 30.5 Å². The van der Waals surface area contributed by atoms with Crippen molar-refractivity contribution in [3.05, 3.63) is 89.9 Å². The van der Waals surface area contributed by atoms with E-state index in [1.807, 2.05) is 12.1 Å². The van der Waals surface area contributed by atoms with Gasteiger partial charge in [0.25, 0.3) is 5.91 Å². The molecule has 0 saturated heterocycles. The third kappa shape index (κ3) is 5.42. The van der Waals surface area contributed by atoms with Crippen LogP contribution in [0.5, 0.6) is 0 Å². The van der Waals surface area contributed by atoms with Gasteiger partial charge in [-0.15, -0.1) is 0 Å². The molecule has 1 heterocycles. The summed E-state index contributed by atoms with van der Waals surface area (Å²) in [4.78, 5) is 12.4. The van der Waals surface area contributed by atoms with Crippen molar-refractivity contribution in [3.63, 3.8) is 0 Å². The molecular formula is C21H17N3O4S. The van der Waals surface area contributed by atoms with Gasteiger partial charge >= 0.3 is 0 Å². The number of hydrogen-bond acceptors (Lipinski definition) is 5. The highest BCUT2D eigenvalue weighted by atomic mass is 32.2. The molecule has 0 atom stereocenters. The molecule has 0 aliphatic rings. The van der Waals surface area contributed by atoms with Crippen LogP contribution in [0.3, 0.4) is 0 Å². The van der Waals surface area contributed by atoms with E-state index in [1.54, 1.807) is 42.5 Å². The highest BCUT2D eigenvalue weighted by molar-refractivity contribution is 7.89. The van der Waals surface area contributed by atoms with E-state index in [0.717, 1.165) is 0 Å². The highest BCUT2D eigenvalue weighted by Crippen LogP contribution is 2.17. The van der Waals surface area contributed by atoms with Crippen molar-refractivity contribution in [1.29, 1.82) is 5.26 Å². The largest absolute Gasteiger partial charge is 0.468 e. The summed E-state index contributed by atoms with van der Waals surface area (Å²) in [6, 6.07) is 19.9. The monoisotopic (exact) mass is 407 g/mol. The van der Waals surface area contributed by atoms with Gasteiger partial charge in [0.2, 0.25) is 10.0 Å². The van der Waals surface area contributed by atoms with Gasteiger partial charge in [-0.2, -0.15) is 5.26 Å². The maximum atomic E-state index is 12.5. The number of nitrogens with zero attached hydrogens (tertiary/aromatic N) is 1. The van der Waals surface area contributed by atoms with Gasteiger partial charge in [0.05, 0.1) is 17.7 Å². The molecule has 2 N–H and O–H groups in total. The smallest absolute Gasteiger partial charge is 0.266 e. The zero-order valence-corrected chi connectivity index (χ0v) is 16.0. The van der Waals surface area contributed by atoms with Crippen molar-refractivity contribution < 1.29 is 17.6 Å². The van der Waals surface area contributed by atoms with Crippen LogP contribution in [0.2, 0.25) is 0 Å². The van der Waals surface area contributed by atoms with Gasteiger partial charge in [0, 0.05) is 5.69 Å². The molecule has 1 aromatic heterocycles. The number of rotatable bonds is 7. The fourth-order valence-electron chi connectivity index (χ4n) is 2.47. The number of amides is 1. The molecule has 0 saturated carbocycles. The first-order valence-corrected chi connectivity index (χ1v) is 10.1. The first-order valence-electron chi connectivity index (χ1n) is 8.58. The molecule has 3 aromatic rings. The van der Waals surface area contributed by atoms with Gasteiger partial charge in [-0.05, 0) is 42.0 Å². The molecule has 0 spiro atoms. The van der Waals surface area contributed by atoms with Gasteiger partial charge < -0.3 is 9.73 Å². The molecule has 3 rings (SSSR count). The van der Waals surface area contributed by atoms with E-state index in [4.69, 9.17) is 4.42 Å². The molecule has 2 aromatic carbocycles. The maximum absolute atomic E-state index is 12.5. The lowest BCUT2D eigenvalue weighted by atomic mass is 10.1. The molecular weight excluding hydrogens is 390 g/mol. The van der Waals surface area contributed by atoms with Crippen molar-refractivity contribution in [3.8, 4) is 6.07 Å². The average Bonchev–Trinajstić information content (AvgIpc) is 3.25. The first-order chi connectivity index (χ1) is 14.0. The summed E-state index contributed by atoms with van der Waals surface area (Å²) in [7, 11) is -3.81. The number of carbonyl (C=O) groups excluding carboxylic acids is 1. The van der Waals surface area contributed by atoms with Crippen molar-refractivity contribution in [2.24, 2.45) is 0 Å². The van der Waals surface area contributed by atoms with Gasteiger partial charge in [0.1, 0.15) is 17.4 Å². The van der Waals surface area contributed by atoms with E-state index in [-0.39, 0.29) is 22.7 Å². The zero-order valence-electron chi connectivity index (χ0n) is 15.2. The van der Waals surface area contributed by atoms with Gasteiger partial charge in [-0.3, -0.25) is 4.79 Å². The Labute approximate surface area is 168 Å². The topological polar surface area (TPSA) is 112 Å². The molecule has 29 heavy (non-hydrogen) atoms. The SMILES string of the molecule is N#C/C(=C/c1ccccc1)C(=O)Nc1cccc(S(=O)(=O)NCc2ccco2)c1. The fourth-order valence-corrected chi connectivity index (χ4v) is 3.51. The Morgan fingerprint density at radius 1 is 1.07 bits per heavy atom. The second-order valence-electron chi connectivity index (χ2n) is 5.97. The molecule has 8 heteroatoms. The number of hydrogen-bond donors (Lipinski definition) is 2. The zero-order chi connectivity index (χ0) is 20.7. The summed E-state index contributed by atoms with van der Waals surface area (Å²) in [5, 5.41) is 11.8. The maximum Gasteiger partial charge on any atom is 0.266 e. The Balaban J connectivity index is 1.74. The Hall–Kier alpha value is -3.67. The van der Waals surface area contributed by atoms with Crippen molar-refractivity contribution in [2.45, 2.75) is 11.4 Å². The van der Waals surface area contributed by atoms with Gasteiger partial charge in [0.15, 0.2) is 0 Å². The van der Waals surface area contributed by atoms with Crippen molar-refractivity contribution in [2.75, 3.05) is 5.32 Å². The predicted molar refractivity (Wildman–Crippen MR) is 108 cm³/mol. The summed E-state index contributed by atoms with van der Waals surface area (Å²) < 4.78 is 32.5. The number of nitriles is 1. The van der Waals surface area contributed by atoms with E-state index in [9.17, 15) is 18.5 Å². The molecule has 0 fully saturated rings. The van der Waals surface area contributed by atoms with Gasteiger partial charge in [-0.1, -0.05) is 36.4 Å². The molecule has 146 valence electrons. The summed E-state index contributed by atoms with van der Waals surface area (Å²) in [5.41, 5.74) is 0.864. The van der Waals surface area contributed by atoms with Crippen LogP contribution in [0.15, 0.2) is 87.9 Å². The lowest BCUT2D eigenvalue weighted by Gasteiger charge is -2.09. The number of carbonyl (C=O) groups is 1. The normalized spacial score (nSPS) is 11.6. The van der Waals surface area contributed by atoms with Crippen molar-refractivity contribution >= 4 is 27.7 Å². The average molecular weight is 407 g/mol. The first kappa shape index (κ1) is 20.1. The Bertz CT molecular complexity index is 1160. The minimum atomic E-state index is -3.81. The second kappa shape index (κ2) is 9.01. The van der Waals surface area contributed by atoms with E-state index >= 15 is 0 Å². The predicted octanol–water partition coefficient (Wildman–Crippen LogP) is 3.30. The molecule has 0 unspecified atom stereocenters. The summed E-state index contributed by atoms with van der Waals surface area (Å²) in [5.74, 6) is -0.155. The standard InChI is InChI=1S/C21H17N3O4S/c22-14-17(12-16-6-2-1-3-7-16)21(25)24-18-8-4-10-20(13-18)29(26,27)23-15-19-9-5-11-28-19/h1-13,23H,15H2,(H,24,25)/b17-12-. The quantitative estimate of drug-likeness (QED) is 0.461. The van der Waals surface area contributed by atoms with E-state index in [0.29, 0.717) is 11.3 Å². The Morgan fingerprint density at radius 3 is 2.55 bits per heavy atom. The van der Waals surface area contributed by atoms with Crippen LogP contribution in [-0.2, 0) is 21.4 Å². The van der Waals surface area contributed by atoms with Crippen molar-refractivity contribution in [1.82, 2.24) is 4.72 Å². The Kier molecular flexibility index (Phi) is 6.24. The van der Waals surface area contributed by atoms with Crippen LogP contribution in [0.25, 0.3) is 6.08 Å². The minimum Gasteiger partial charge on any atom is -0.468 e. The molecule has 0 aliphatic heterocycles. The lowest BCUT2D eigenvalue weighted by molar-refractivity contribution is -0.112. The third-order valence-electron chi connectivity index (χ3n) is 3.89. The van der Waals surface area contributed by atoms with Crippen LogP contribution in [0.4, 0.5) is 5.69 Å². The molecule has 7 nitrogen and oxygen atoms in total. The number of furan rings is 1. The number of nitrogens with one attached hydrogen (secondary N) is 2. The lowest BCUT2D eigenvalue weighted by Crippen LogP contribution is -2.23. The van der Waals surface area contributed by atoms with Crippen LogP contribution in [-0.4, -0.2) is 14.3 Å². The van der Waals surface area contributed by atoms with Crippen LogP contribution in [0.1, 0.15) is 11.3 Å². The summed E-state index contributed by atoms with van der Waals surface area (Å²) in [6.07, 6.45) is 2.91. The van der Waals surface area contributed by atoms with E-state index < -0.39 is 15.9 Å². The fraction of sp³-hybridized carbons (Fsp3) is 0.0476. The molecule has 0 aliphatic carbocycles. The van der Waals surface area contributed by atoms with Gasteiger partial charge in [-0.25, -0.2) is 13.1 Å². The summed E-state index contributed by atoms with van der Waals surface area (Å²) >= 11 is 0. The van der Waals surface area contributed by atoms with Crippen LogP contribution in [0, 0.1) is 11.3 Å². The van der Waals surface area contributed by atoms with E-state index in [2.05, 4.69) is 10.0 Å². The summed E-state index contributed by atoms with van der Waals surface area (Å²) in [6.45, 7) is 0.00428. The minimum absolute atomic E-state index is 0.00428. The highest BCUT2D eigenvalue weighted by Gasteiger charge is 2.16. The second-order valence-corrected chi connectivity index (χ2v) is 7.73. The number of sulfonamides is 1. The molecule has 0 bridgehead atoms. The Morgan fingerprint density at radius 2 is 1.86 bits per heavy atom. The third-order valence-corrected chi connectivity index (χ3v) is 5.29. The number of anilines is 1. The van der Waals surface area contributed by atoms with Crippen LogP contribution < -0.4 is 10.0 Å². The van der Waals surface area contributed by atoms with Crippen LogP contribution >= 0.6 is 0 Å². The molecule has 0 radical (unpaired) electrons. The molecule has 1 amide bonds. The number of benzene rings is 2.